The first kappa shape index (κ1) is 18.7. The van der Waals surface area contributed by atoms with E-state index >= 15 is 0 Å². The molecule has 0 amide bonds. The van der Waals surface area contributed by atoms with Crippen molar-refractivity contribution >= 4 is 21.6 Å². The smallest absolute Gasteiger partial charge is 0.264 e. The van der Waals surface area contributed by atoms with Crippen molar-refractivity contribution in [3.05, 3.63) is 58.9 Å². The van der Waals surface area contributed by atoms with Gasteiger partial charge in [0, 0.05) is 26.0 Å². The van der Waals surface area contributed by atoms with Crippen LogP contribution in [0.25, 0.3) is 0 Å². The summed E-state index contributed by atoms with van der Waals surface area (Å²) in [6.07, 6.45) is -0.947. The van der Waals surface area contributed by atoms with E-state index in [1.807, 2.05) is 0 Å². The Morgan fingerprint density at radius 2 is 1.96 bits per heavy atom. The predicted octanol–water partition coefficient (Wildman–Crippen LogP) is 3.62. The fourth-order valence-corrected chi connectivity index (χ4v) is 3.69. The summed E-state index contributed by atoms with van der Waals surface area (Å²) >= 11 is 5.77. The van der Waals surface area contributed by atoms with Crippen LogP contribution in [-0.4, -0.2) is 31.3 Å². The van der Waals surface area contributed by atoms with E-state index in [9.17, 15) is 21.6 Å². The van der Waals surface area contributed by atoms with Crippen molar-refractivity contribution in [1.29, 1.82) is 0 Å². The second kappa shape index (κ2) is 7.08. The van der Waals surface area contributed by atoms with Crippen LogP contribution in [0, 0.1) is 0 Å². The molecule has 130 valence electrons. The fourth-order valence-electron chi connectivity index (χ4n) is 2.01. The molecule has 0 unspecified atom stereocenters. The van der Waals surface area contributed by atoms with Crippen molar-refractivity contribution in [1.82, 2.24) is 9.29 Å². The molecule has 4 nitrogen and oxygen atoms in total. The Bertz CT molecular complexity index is 811. The van der Waals surface area contributed by atoms with Crippen LogP contribution in [-0.2, 0) is 22.6 Å². The number of sulfonamides is 1. The number of alkyl halides is 3. The van der Waals surface area contributed by atoms with Gasteiger partial charge >= 0.3 is 6.18 Å². The summed E-state index contributed by atoms with van der Waals surface area (Å²) in [7, 11) is -2.64. The molecule has 1 heterocycles. The summed E-state index contributed by atoms with van der Waals surface area (Å²) in [6.45, 7) is 0.144. The zero-order valence-electron chi connectivity index (χ0n) is 12.6. The Morgan fingerprint density at radius 3 is 2.50 bits per heavy atom. The number of benzene rings is 1. The third kappa shape index (κ3) is 4.25. The van der Waals surface area contributed by atoms with E-state index in [2.05, 4.69) is 4.98 Å². The molecule has 0 fully saturated rings. The van der Waals surface area contributed by atoms with Gasteiger partial charge in [0.25, 0.3) is 0 Å². The van der Waals surface area contributed by atoms with Crippen LogP contribution in [0.1, 0.15) is 11.1 Å². The molecule has 1 aromatic carbocycles. The molecule has 0 saturated heterocycles. The van der Waals surface area contributed by atoms with E-state index in [4.69, 9.17) is 11.6 Å². The summed E-state index contributed by atoms with van der Waals surface area (Å²) in [5.74, 6) is 0. The Morgan fingerprint density at radius 1 is 1.25 bits per heavy atom. The van der Waals surface area contributed by atoms with E-state index in [-0.39, 0.29) is 11.4 Å². The van der Waals surface area contributed by atoms with Crippen LogP contribution in [0.3, 0.4) is 0 Å². The van der Waals surface area contributed by atoms with Crippen LogP contribution >= 0.6 is 11.6 Å². The number of pyridine rings is 1. The molecule has 0 spiro atoms. The Hall–Kier alpha value is -1.64. The van der Waals surface area contributed by atoms with Gasteiger partial charge in [-0.15, -0.1) is 0 Å². The quantitative estimate of drug-likeness (QED) is 0.798. The second-order valence-corrected chi connectivity index (χ2v) is 7.50. The van der Waals surface area contributed by atoms with Gasteiger partial charge in [-0.05, 0) is 36.2 Å². The Labute approximate surface area is 142 Å². The molecule has 0 aliphatic carbocycles. The highest BCUT2D eigenvalue weighted by Crippen LogP contribution is 2.34. The minimum atomic E-state index is -4.59. The lowest BCUT2D eigenvalue weighted by atomic mass is 10.2. The number of aromatic nitrogens is 1. The zero-order chi connectivity index (χ0) is 18.0. The third-order valence-corrected chi connectivity index (χ3v) is 5.73. The maximum absolute atomic E-state index is 12.6. The molecular weight excluding hydrogens is 365 g/mol. The van der Waals surface area contributed by atoms with Crippen molar-refractivity contribution in [3.63, 3.8) is 0 Å². The average molecular weight is 379 g/mol. The van der Waals surface area contributed by atoms with Gasteiger partial charge in [0.1, 0.15) is 4.90 Å². The number of halogens is 4. The molecule has 0 N–H and O–H groups in total. The maximum Gasteiger partial charge on any atom is 0.416 e. The number of nitrogens with zero attached hydrogens (tertiary/aromatic N) is 2. The van der Waals surface area contributed by atoms with Crippen LogP contribution in [0.15, 0.2) is 47.6 Å². The highest BCUT2D eigenvalue weighted by molar-refractivity contribution is 7.89. The standard InChI is InChI=1S/C15H14ClF3N2O2S/c1-21(8-6-11-3-2-7-20-10-11)24(22,23)14-5-4-12(9-13(14)16)15(17,18)19/h2-5,7,9-10H,6,8H2,1H3. The lowest BCUT2D eigenvalue weighted by Gasteiger charge is -2.18. The summed E-state index contributed by atoms with van der Waals surface area (Å²) < 4.78 is 63.9. The van der Waals surface area contributed by atoms with Crippen molar-refractivity contribution in [2.24, 2.45) is 0 Å². The lowest BCUT2D eigenvalue weighted by Crippen LogP contribution is -2.29. The average Bonchev–Trinajstić information content (AvgIpc) is 2.52. The molecular formula is C15H14ClF3N2O2S. The number of likely N-dealkylation sites (N-methyl/N-ethyl adjacent to an activating group) is 1. The lowest BCUT2D eigenvalue weighted by molar-refractivity contribution is -0.137. The second-order valence-electron chi connectivity index (χ2n) is 5.08. The van der Waals surface area contributed by atoms with Gasteiger partial charge in [-0.2, -0.15) is 13.2 Å². The van der Waals surface area contributed by atoms with Gasteiger partial charge in [-0.3, -0.25) is 4.98 Å². The predicted molar refractivity (Wildman–Crippen MR) is 84.2 cm³/mol. The molecule has 24 heavy (non-hydrogen) atoms. The van der Waals surface area contributed by atoms with Gasteiger partial charge in [0.2, 0.25) is 10.0 Å². The Kier molecular flexibility index (Phi) is 5.52. The zero-order valence-corrected chi connectivity index (χ0v) is 14.2. The first-order chi connectivity index (χ1) is 11.1. The highest BCUT2D eigenvalue weighted by Gasteiger charge is 2.32. The van der Waals surface area contributed by atoms with E-state index in [0.717, 1.165) is 15.9 Å². The van der Waals surface area contributed by atoms with Crippen LogP contribution in [0.5, 0.6) is 0 Å². The van der Waals surface area contributed by atoms with Gasteiger partial charge in [0.15, 0.2) is 0 Å². The molecule has 0 saturated carbocycles. The maximum atomic E-state index is 12.6. The minimum Gasteiger partial charge on any atom is -0.264 e. The molecule has 0 radical (unpaired) electrons. The molecule has 2 rings (SSSR count). The number of hydrogen-bond acceptors (Lipinski definition) is 3. The van der Waals surface area contributed by atoms with Gasteiger partial charge in [-0.1, -0.05) is 17.7 Å². The molecule has 0 bridgehead atoms. The molecule has 0 aliphatic heterocycles. The van der Waals surface area contributed by atoms with E-state index in [1.165, 1.54) is 7.05 Å². The van der Waals surface area contributed by atoms with Crippen molar-refractivity contribution in [2.45, 2.75) is 17.5 Å². The summed E-state index contributed by atoms with van der Waals surface area (Å²) in [6, 6.07) is 5.73. The van der Waals surface area contributed by atoms with Gasteiger partial charge < -0.3 is 0 Å². The molecule has 1 aromatic heterocycles. The van der Waals surface area contributed by atoms with E-state index in [0.29, 0.717) is 18.6 Å². The SMILES string of the molecule is CN(CCc1cccnc1)S(=O)(=O)c1ccc(C(F)(F)F)cc1Cl. The van der Waals surface area contributed by atoms with Crippen LogP contribution in [0.4, 0.5) is 13.2 Å². The van der Waals surface area contributed by atoms with Crippen molar-refractivity contribution < 1.29 is 21.6 Å². The molecule has 9 heteroatoms. The van der Waals surface area contributed by atoms with Gasteiger partial charge in [-0.25, -0.2) is 12.7 Å². The highest BCUT2D eigenvalue weighted by atomic mass is 35.5. The first-order valence-corrected chi connectivity index (χ1v) is 8.66. The summed E-state index contributed by atoms with van der Waals surface area (Å²) in [4.78, 5) is 3.58. The third-order valence-electron chi connectivity index (χ3n) is 3.39. The topological polar surface area (TPSA) is 50.3 Å². The van der Waals surface area contributed by atoms with Crippen LogP contribution < -0.4 is 0 Å². The minimum absolute atomic E-state index is 0.144. The monoisotopic (exact) mass is 378 g/mol. The van der Waals surface area contributed by atoms with Crippen LogP contribution in [0.2, 0.25) is 5.02 Å². The summed E-state index contributed by atoms with van der Waals surface area (Å²) in [5.41, 5.74) is -0.150. The van der Waals surface area contributed by atoms with E-state index < -0.39 is 26.8 Å². The van der Waals surface area contributed by atoms with Crippen molar-refractivity contribution in [2.75, 3.05) is 13.6 Å². The molecule has 0 aliphatic rings. The normalized spacial score (nSPS) is 12.6. The first-order valence-electron chi connectivity index (χ1n) is 6.84. The fraction of sp³-hybridized carbons (Fsp3) is 0.267. The Balaban J connectivity index is 2.20. The van der Waals surface area contributed by atoms with Gasteiger partial charge in [0.05, 0.1) is 10.6 Å². The van der Waals surface area contributed by atoms with E-state index in [1.54, 1.807) is 24.5 Å². The molecule has 0 atom stereocenters. The number of hydrogen-bond donors (Lipinski definition) is 0. The molecule has 2 aromatic rings. The largest absolute Gasteiger partial charge is 0.416 e. The number of rotatable bonds is 5. The van der Waals surface area contributed by atoms with Crippen molar-refractivity contribution in [3.8, 4) is 0 Å². The summed E-state index contributed by atoms with van der Waals surface area (Å²) in [5, 5.41) is -0.460.